The molecule has 1 heterocycles. The Labute approximate surface area is 155 Å². The Morgan fingerprint density at radius 3 is 2.52 bits per heavy atom. The highest BCUT2D eigenvalue weighted by Gasteiger charge is 2.33. The molecular formula is C14H24ClN3O5S2. The lowest BCUT2D eigenvalue weighted by molar-refractivity contribution is 0.397. The average molecular weight is 414 g/mol. The Bertz CT molecular complexity index is 799. The second-order valence-electron chi connectivity index (χ2n) is 5.62. The molecule has 0 aliphatic carbocycles. The molecule has 0 amide bonds. The minimum Gasteiger partial charge on any atom is -0.495 e. The van der Waals surface area contributed by atoms with E-state index in [-0.39, 0.29) is 40.4 Å². The Balaban J connectivity index is 0.00000312. The zero-order valence-electron chi connectivity index (χ0n) is 14.1. The molecule has 1 aromatic rings. The van der Waals surface area contributed by atoms with Crippen molar-refractivity contribution < 1.29 is 21.6 Å². The zero-order chi connectivity index (χ0) is 18.0. The fraction of sp³-hybridized carbons (Fsp3) is 0.571. The lowest BCUT2D eigenvalue weighted by atomic mass is 10.1. The number of hydrogen-bond donors (Lipinski definition) is 2. The second-order valence-corrected chi connectivity index (χ2v) is 9.54. The van der Waals surface area contributed by atoms with E-state index in [1.165, 1.54) is 36.5 Å². The molecule has 11 heteroatoms. The molecule has 25 heavy (non-hydrogen) atoms. The number of nitrogens with two attached hydrogens (primary N) is 1. The van der Waals surface area contributed by atoms with Gasteiger partial charge in [0.05, 0.1) is 18.6 Å². The molecule has 1 fully saturated rings. The van der Waals surface area contributed by atoms with Crippen LogP contribution in [0, 0.1) is 5.92 Å². The van der Waals surface area contributed by atoms with Crippen molar-refractivity contribution in [1.82, 2.24) is 4.31 Å². The van der Waals surface area contributed by atoms with Crippen LogP contribution in [-0.4, -0.2) is 53.6 Å². The van der Waals surface area contributed by atoms with E-state index >= 15 is 0 Å². The molecule has 0 spiro atoms. The first-order chi connectivity index (χ1) is 11.2. The summed E-state index contributed by atoms with van der Waals surface area (Å²) >= 11 is 0. The summed E-state index contributed by atoms with van der Waals surface area (Å²) in [4.78, 5) is 0.0158. The van der Waals surface area contributed by atoms with Gasteiger partial charge in [0.2, 0.25) is 20.0 Å². The number of halogens is 1. The van der Waals surface area contributed by atoms with Crippen LogP contribution in [0.25, 0.3) is 0 Å². The third kappa shape index (κ3) is 4.98. The summed E-state index contributed by atoms with van der Waals surface area (Å²) in [5, 5.41) is 0. The Morgan fingerprint density at radius 1 is 1.32 bits per heavy atom. The molecule has 1 aliphatic heterocycles. The first-order valence-electron chi connectivity index (χ1n) is 7.62. The van der Waals surface area contributed by atoms with Gasteiger partial charge in [-0.2, -0.15) is 4.31 Å². The van der Waals surface area contributed by atoms with Gasteiger partial charge in [0.15, 0.2) is 0 Å². The van der Waals surface area contributed by atoms with Gasteiger partial charge in [0.1, 0.15) is 10.6 Å². The molecule has 1 atom stereocenters. The van der Waals surface area contributed by atoms with Gasteiger partial charge in [0.25, 0.3) is 0 Å². The number of hydrogen-bond acceptors (Lipinski definition) is 6. The average Bonchev–Trinajstić information content (AvgIpc) is 3.04. The Morgan fingerprint density at radius 2 is 2.00 bits per heavy atom. The molecule has 0 radical (unpaired) electrons. The predicted molar refractivity (Wildman–Crippen MR) is 99.2 cm³/mol. The summed E-state index contributed by atoms with van der Waals surface area (Å²) in [5.74, 6) is 0.174. The molecular weight excluding hydrogens is 390 g/mol. The second kappa shape index (κ2) is 8.54. The van der Waals surface area contributed by atoms with Crippen LogP contribution in [0.15, 0.2) is 23.1 Å². The first-order valence-corrected chi connectivity index (χ1v) is 10.7. The summed E-state index contributed by atoms with van der Waals surface area (Å²) in [6, 6.07) is 4.15. The highest BCUT2D eigenvalue weighted by molar-refractivity contribution is 7.92. The van der Waals surface area contributed by atoms with E-state index in [1.54, 1.807) is 0 Å². The summed E-state index contributed by atoms with van der Waals surface area (Å²) in [5.41, 5.74) is 5.87. The molecule has 2 rings (SSSR count). The van der Waals surface area contributed by atoms with Gasteiger partial charge < -0.3 is 10.5 Å². The molecule has 1 aliphatic rings. The van der Waals surface area contributed by atoms with Crippen LogP contribution in [0.4, 0.5) is 5.69 Å². The van der Waals surface area contributed by atoms with Crippen LogP contribution in [0.3, 0.4) is 0 Å². The van der Waals surface area contributed by atoms with Crippen LogP contribution in [0.2, 0.25) is 0 Å². The Hall–Kier alpha value is -1.07. The Kier molecular flexibility index (Phi) is 7.51. The lowest BCUT2D eigenvalue weighted by Gasteiger charge is -2.19. The van der Waals surface area contributed by atoms with Crippen molar-refractivity contribution in [2.45, 2.75) is 18.2 Å². The van der Waals surface area contributed by atoms with Crippen molar-refractivity contribution in [2.24, 2.45) is 11.7 Å². The van der Waals surface area contributed by atoms with Crippen molar-refractivity contribution in [3.05, 3.63) is 18.2 Å². The van der Waals surface area contributed by atoms with Crippen molar-refractivity contribution in [1.29, 1.82) is 0 Å². The minimum absolute atomic E-state index is 0. The van der Waals surface area contributed by atoms with Gasteiger partial charge in [0, 0.05) is 19.2 Å². The molecule has 1 unspecified atom stereocenters. The number of benzene rings is 1. The van der Waals surface area contributed by atoms with Crippen LogP contribution in [0.1, 0.15) is 13.3 Å². The van der Waals surface area contributed by atoms with Gasteiger partial charge in [-0.05, 0) is 37.9 Å². The van der Waals surface area contributed by atoms with Gasteiger partial charge in [-0.1, -0.05) is 0 Å². The van der Waals surface area contributed by atoms with E-state index in [0.717, 1.165) is 6.42 Å². The molecule has 1 aromatic carbocycles. The molecule has 0 saturated carbocycles. The van der Waals surface area contributed by atoms with E-state index in [4.69, 9.17) is 10.5 Å². The maximum Gasteiger partial charge on any atom is 0.246 e. The normalized spacial score (nSPS) is 18.6. The largest absolute Gasteiger partial charge is 0.495 e. The topological polar surface area (TPSA) is 119 Å². The molecule has 8 nitrogen and oxygen atoms in total. The standard InChI is InChI=1S/C14H23N3O5S2.ClH/c1-3-23(18,19)16-12-4-5-14(13(8-12)22-2)24(20,21)17-7-6-11(9-15)10-17;/h4-5,8,11,16H,3,6-7,9-10,15H2,1-2H3;1H. The van der Waals surface area contributed by atoms with E-state index in [9.17, 15) is 16.8 Å². The third-order valence-electron chi connectivity index (χ3n) is 4.02. The quantitative estimate of drug-likeness (QED) is 0.683. The smallest absolute Gasteiger partial charge is 0.246 e. The number of sulfonamides is 2. The number of nitrogens with zero attached hydrogens (tertiary/aromatic N) is 1. The number of nitrogens with one attached hydrogen (secondary N) is 1. The monoisotopic (exact) mass is 413 g/mol. The van der Waals surface area contributed by atoms with Gasteiger partial charge >= 0.3 is 0 Å². The summed E-state index contributed by atoms with van der Waals surface area (Å²) in [6.45, 7) is 2.75. The first kappa shape index (κ1) is 22.0. The minimum atomic E-state index is -3.71. The van der Waals surface area contributed by atoms with E-state index in [0.29, 0.717) is 19.6 Å². The summed E-state index contributed by atoms with van der Waals surface area (Å²) < 4.78 is 57.8. The highest BCUT2D eigenvalue weighted by atomic mass is 35.5. The number of anilines is 1. The maximum atomic E-state index is 12.8. The van der Waals surface area contributed by atoms with Crippen LogP contribution >= 0.6 is 12.4 Å². The van der Waals surface area contributed by atoms with Crippen LogP contribution < -0.4 is 15.2 Å². The maximum absolute atomic E-state index is 12.8. The molecule has 0 aromatic heterocycles. The SMILES string of the molecule is CCS(=O)(=O)Nc1ccc(S(=O)(=O)N2CCC(CN)C2)c(OC)c1.Cl. The number of ether oxygens (including phenoxy) is 1. The van der Waals surface area contributed by atoms with Gasteiger partial charge in [-0.3, -0.25) is 4.72 Å². The van der Waals surface area contributed by atoms with Gasteiger partial charge in [-0.25, -0.2) is 16.8 Å². The van der Waals surface area contributed by atoms with E-state index < -0.39 is 20.0 Å². The summed E-state index contributed by atoms with van der Waals surface area (Å²) in [6.07, 6.45) is 0.729. The fourth-order valence-corrected chi connectivity index (χ4v) is 4.84. The van der Waals surface area contributed by atoms with Crippen molar-refractivity contribution in [3.63, 3.8) is 0 Å². The fourth-order valence-electron chi connectivity index (χ4n) is 2.54. The predicted octanol–water partition coefficient (Wildman–Crippen LogP) is 0.848. The zero-order valence-corrected chi connectivity index (χ0v) is 16.6. The van der Waals surface area contributed by atoms with Crippen LogP contribution in [-0.2, 0) is 20.0 Å². The number of methoxy groups -OCH3 is 1. The van der Waals surface area contributed by atoms with Gasteiger partial charge in [-0.15, -0.1) is 12.4 Å². The molecule has 3 N–H and O–H groups in total. The molecule has 0 bridgehead atoms. The van der Waals surface area contributed by atoms with Crippen molar-refractivity contribution >= 4 is 38.1 Å². The van der Waals surface area contributed by atoms with Crippen LogP contribution in [0.5, 0.6) is 5.75 Å². The lowest BCUT2D eigenvalue weighted by Crippen LogP contribution is -2.30. The van der Waals surface area contributed by atoms with E-state index in [1.807, 2.05) is 0 Å². The van der Waals surface area contributed by atoms with E-state index in [2.05, 4.69) is 4.72 Å². The third-order valence-corrected chi connectivity index (χ3v) is 7.23. The van der Waals surface area contributed by atoms with Crippen molar-refractivity contribution in [2.75, 3.05) is 37.2 Å². The summed E-state index contributed by atoms with van der Waals surface area (Å²) in [7, 11) is -5.82. The van der Waals surface area contributed by atoms with Crippen molar-refractivity contribution in [3.8, 4) is 5.75 Å². The number of rotatable bonds is 7. The molecule has 1 saturated heterocycles. The highest BCUT2D eigenvalue weighted by Crippen LogP contribution is 2.32. The molecule has 144 valence electrons.